The first-order valence-electron chi connectivity index (χ1n) is 11.7. The lowest BCUT2D eigenvalue weighted by Crippen LogP contribution is -2.12. The quantitative estimate of drug-likeness (QED) is 0.331. The highest BCUT2D eigenvalue weighted by atomic mass is 32.2. The number of carbonyl (C=O) groups excluding carboxylic acids is 1. The van der Waals surface area contributed by atoms with E-state index < -0.39 is 0 Å². The van der Waals surface area contributed by atoms with E-state index in [2.05, 4.69) is 36.3 Å². The lowest BCUT2D eigenvalue weighted by atomic mass is 9.96. The molecule has 0 aliphatic rings. The minimum atomic E-state index is -0.167. The molecule has 1 heterocycles. The van der Waals surface area contributed by atoms with Gasteiger partial charge in [0.2, 0.25) is 11.7 Å². The third kappa shape index (κ3) is 6.10. The zero-order valence-electron chi connectivity index (χ0n) is 21.9. The molecule has 0 saturated heterocycles. The molecule has 38 heavy (non-hydrogen) atoms. The van der Waals surface area contributed by atoms with Gasteiger partial charge in [0.1, 0.15) is 28.5 Å². The summed E-state index contributed by atoms with van der Waals surface area (Å²) in [4.78, 5) is 16.8. The highest BCUT2D eigenvalue weighted by molar-refractivity contribution is 7.99. The number of amides is 1. The molecule has 3 rings (SSSR count). The van der Waals surface area contributed by atoms with Crippen LogP contribution >= 0.6 is 11.8 Å². The SMILES string of the molecule is COc1cc(-c2c(C#N)c(N)nc(SCCC(=O)Nc3ccc(C(C)C)cc3)c2C#N)cc(OC)c1OC. The number of rotatable bonds is 10. The molecule has 9 nitrogen and oxygen atoms in total. The fourth-order valence-corrected chi connectivity index (χ4v) is 4.77. The Bertz CT molecular complexity index is 1380. The van der Waals surface area contributed by atoms with E-state index in [4.69, 9.17) is 19.9 Å². The Morgan fingerprint density at radius 1 is 1.03 bits per heavy atom. The van der Waals surface area contributed by atoms with Crippen LogP contribution in [-0.2, 0) is 4.79 Å². The lowest BCUT2D eigenvalue weighted by molar-refractivity contribution is -0.115. The number of hydrogen-bond donors (Lipinski definition) is 2. The summed E-state index contributed by atoms with van der Waals surface area (Å²) in [6.45, 7) is 4.22. The number of nitrogen functional groups attached to an aromatic ring is 1. The van der Waals surface area contributed by atoms with Gasteiger partial charge in [-0.05, 0) is 41.3 Å². The van der Waals surface area contributed by atoms with E-state index in [1.54, 1.807) is 12.1 Å². The molecule has 0 bridgehead atoms. The lowest BCUT2D eigenvalue weighted by Gasteiger charge is -2.17. The van der Waals surface area contributed by atoms with Gasteiger partial charge >= 0.3 is 0 Å². The molecule has 10 heteroatoms. The Morgan fingerprint density at radius 3 is 2.13 bits per heavy atom. The molecule has 1 aromatic heterocycles. The number of benzene rings is 2. The summed E-state index contributed by atoms with van der Waals surface area (Å²) in [7, 11) is 4.43. The van der Waals surface area contributed by atoms with Gasteiger partial charge in [0.25, 0.3) is 0 Å². The van der Waals surface area contributed by atoms with Crippen LogP contribution in [0.5, 0.6) is 17.2 Å². The molecule has 196 valence electrons. The normalized spacial score (nSPS) is 10.4. The summed E-state index contributed by atoms with van der Waals surface area (Å²) >= 11 is 1.22. The van der Waals surface area contributed by atoms with Crippen LogP contribution < -0.4 is 25.3 Å². The molecule has 0 spiro atoms. The van der Waals surface area contributed by atoms with Crippen LogP contribution in [0.25, 0.3) is 11.1 Å². The number of pyridine rings is 1. The summed E-state index contributed by atoms with van der Waals surface area (Å²) in [5.41, 5.74) is 9.05. The van der Waals surface area contributed by atoms with E-state index in [-0.39, 0.29) is 29.3 Å². The fraction of sp³-hybridized carbons (Fsp3) is 0.286. The average Bonchev–Trinajstić information content (AvgIpc) is 2.92. The van der Waals surface area contributed by atoms with Gasteiger partial charge < -0.3 is 25.3 Å². The van der Waals surface area contributed by atoms with Gasteiger partial charge in [-0.1, -0.05) is 26.0 Å². The molecular formula is C28H29N5O4S. The van der Waals surface area contributed by atoms with Gasteiger partial charge in [-0.3, -0.25) is 4.79 Å². The first-order chi connectivity index (χ1) is 18.3. The second kappa shape index (κ2) is 12.7. The Labute approximate surface area is 226 Å². The van der Waals surface area contributed by atoms with E-state index >= 15 is 0 Å². The monoisotopic (exact) mass is 531 g/mol. The number of nitrogens with two attached hydrogens (primary N) is 1. The van der Waals surface area contributed by atoms with Crippen molar-refractivity contribution in [2.24, 2.45) is 0 Å². The summed E-state index contributed by atoms with van der Waals surface area (Å²) in [5, 5.41) is 23.1. The number of nitrogens with one attached hydrogen (secondary N) is 1. The molecule has 0 atom stereocenters. The molecule has 1 amide bonds. The summed E-state index contributed by atoms with van der Waals surface area (Å²) < 4.78 is 16.3. The molecule has 0 aliphatic carbocycles. The largest absolute Gasteiger partial charge is 0.493 e. The first-order valence-corrected chi connectivity index (χ1v) is 12.7. The van der Waals surface area contributed by atoms with Gasteiger partial charge in [0, 0.05) is 23.4 Å². The average molecular weight is 532 g/mol. The maximum Gasteiger partial charge on any atom is 0.225 e. The molecule has 2 aromatic carbocycles. The van der Waals surface area contributed by atoms with Crippen molar-refractivity contribution in [3.05, 3.63) is 53.1 Å². The van der Waals surface area contributed by atoms with Crippen molar-refractivity contribution >= 4 is 29.2 Å². The smallest absolute Gasteiger partial charge is 0.225 e. The highest BCUT2D eigenvalue weighted by Crippen LogP contribution is 2.44. The topological polar surface area (TPSA) is 143 Å². The van der Waals surface area contributed by atoms with E-state index in [1.165, 1.54) is 38.7 Å². The van der Waals surface area contributed by atoms with Crippen molar-refractivity contribution in [2.45, 2.75) is 31.2 Å². The van der Waals surface area contributed by atoms with Crippen LogP contribution in [0.4, 0.5) is 11.5 Å². The minimum absolute atomic E-state index is 0.0209. The van der Waals surface area contributed by atoms with E-state index in [0.29, 0.717) is 50.8 Å². The number of ether oxygens (including phenoxy) is 3. The standard InChI is InChI=1S/C28H29N5O4S/c1-16(2)17-6-8-19(9-7-17)32-24(34)10-11-38-28-21(15-30)25(20(14-29)27(31)33-28)18-12-22(35-3)26(37-5)23(13-18)36-4/h6-9,12-13,16H,10-11H2,1-5H3,(H2,31,33)(H,32,34). The van der Waals surface area contributed by atoms with E-state index in [1.807, 2.05) is 24.3 Å². The second-order valence-electron chi connectivity index (χ2n) is 8.49. The number of nitrogens with zero attached hydrogens (tertiary/aromatic N) is 3. The van der Waals surface area contributed by atoms with Gasteiger partial charge in [-0.15, -0.1) is 11.8 Å². The second-order valence-corrected chi connectivity index (χ2v) is 9.57. The molecule has 0 fully saturated rings. The Balaban J connectivity index is 1.89. The van der Waals surface area contributed by atoms with Crippen LogP contribution in [0.3, 0.4) is 0 Å². The van der Waals surface area contributed by atoms with Crippen molar-refractivity contribution in [3.63, 3.8) is 0 Å². The number of methoxy groups -OCH3 is 3. The number of anilines is 2. The van der Waals surface area contributed by atoms with Crippen LogP contribution in [0.15, 0.2) is 41.4 Å². The Kier molecular flexibility index (Phi) is 9.42. The third-order valence-electron chi connectivity index (χ3n) is 5.80. The maximum absolute atomic E-state index is 12.5. The van der Waals surface area contributed by atoms with Gasteiger partial charge in [-0.25, -0.2) is 4.98 Å². The Morgan fingerprint density at radius 2 is 1.63 bits per heavy atom. The molecule has 3 aromatic rings. The molecule has 0 aliphatic heterocycles. The van der Waals surface area contributed by atoms with Crippen LogP contribution in [0.1, 0.15) is 42.9 Å². The van der Waals surface area contributed by atoms with Crippen LogP contribution in [0.2, 0.25) is 0 Å². The summed E-state index contributed by atoms with van der Waals surface area (Å²) in [6, 6.07) is 15.2. The Hall–Kier alpha value is -4.41. The van der Waals surface area contributed by atoms with Gasteiger partial charge in [0.05, 0.1) is 26.9 Å². The zero-order chi connectivity index (χ0) is 27.8. The summed E-state index contributed by atoms with van der Waals surface area (Å²) in [5.74, 6) is 1.65. The zero-order valence-corrected chi connectivity index (χ0v) is 22.7. The number of carbonyl (C=O) groups is 1. The summed E-state index contributed by atoms with van der Waals surface area (Å²) in [6.07, 6.45) is 0.183. The van der Waals surface area contributed by atoms with Crippen LogP contribution in [-0.4, -0.2) is 38.0 Å². The predicted molar refractivity (Wildman–Crippen MR) is 148 cm³/mol. The number of hydrogen-bond acceptors (Lipinski definition) is 9. The highest BCUT2D eigenvalue weighted by Gasteiger charge is 2.23. The van der Waals surface area contributed by atoms with Gasteiger partial charge in [-0.2, -0.15) is 10.5 Å². The molecular weight excluding hydrogens is 502 g/mol. The first kappa shape index (κ1) is 28.2. The van der Waals surface area contributed by atoms with E-state index in [0.717, 1.165) is 0 Å². The van der Waals surface area contributed by atoms with Crippen LogP contribution in [0, 0.1) is 22.7 Å². The predicted octanol–water partition coefficient (Wildman–Crippen LogP) is 5.34. The third-order valence-corrected chi connectivity index (χ3v) is 6.78. The maximum atomic E-state index is 12.5. The number of aromatic nitrogens is 1. The van der Waals surface area contributed by atoms with Gasteiger partial charge in [0.15, 0.2) is 11.5 Å². The molecule has 0 radical (unpaired) electrons. The van der Waals surface area contributed by atoms with Crippen molar-refractivity contribution in [3.8, 4) is 40.5 Å². The van der Waals surface area contributed by atoms with Crippen molar-refractivity contribution in [1.82, 2.24) is 4.98 Å². The molecule has 0 unspecified atom stereocenters. The molecule has 3 N–H and O–H groups in total. The van der Waals surface area contributed by atoms with Crippen molar-refractivity contribution in [1.29, 1.82) is 10.5 Å². The fourth-order valence-electron chi connectivity index (χ4n) is 3.83. The number of nitriles is 2. The number of thioether (sulfide) groups is 1. The van der Waals surface area contributed by atoms with E-state index in [9.17, 15) is 15.3 Å². The van der Waals surface area contributed by atoms with Crippen molar-refractivity contribution < 1.29 is 19.0 Å². The van der Waals surface area contributed by atoms with Crippen molar-refractivity contribution in [2.75, 3.05) is 38.1 Å². The molecule has 0 saturated carbocycles. The minimum Gasteiger partial charge on any atom is -0.493 e.